The van der Waals surface area contributed by atoms with E-state index in [2.05, 4.69) is 64.3 Å². The van der Waals surface area contributed by atoms with E-state index in [0.717, 1.165) is 50.8 Å². The molecule has 0 aliphatic rings. The van der Waals surface area contributed by atoms with E-state index in [4.69, 9.17) is 4.74 Å². The van der Waals surface area contributed by atoms with Crippen molar-refractivity contribution in [3.8, 4) is 5.75 Å². The number of rotatable bonds is 10. The van der Waals surface area contributed by atoms with E-state index < -0.39 is 0 Å². The molecule has 2 N–H and O–H groups in total. The summed E-state index contributed by atoms with van der Waals surface area (Å²) in [6.45, 7) is 3.40. The summed E-state index contributed by atoms with van der Waals surface area (Å²) < 4.78 is 5.76. The molecule has 0 spiro atoms. The van der Waals surface area contributed by atoms with Gasteiger partial charge in [-0.1, -0.05) is 18.2 Å². The highest BCUT2D eigenvalue weighted by molar-refractivity contribution is 7.09. The van der Waals surface area contributed by atoms with E-state index in [1.807, 2.05) is 12.1 Å². The molecule has 142 valence electrons. The number of benzene rings is 1. The Hall–Kier alpha value is -2.05. The van der Waals surface area contributed by atoms with Crippen molar-refractivity contribution in [2.45, 2.75) is 19.4 Å². The van der Waals surface area contributed by atoms with Crippen molar-refractivity contribution in [2.75, 3.05) is 40.8 Å². The Bertz CT molecular complexity index is 638. The lowest BCUT2D eigenvalue weighted by Crippen LogP contribution is -2.37. The molecule has 2 rings (SSSR count). The van der Waals surface area contributed by atoms with Gasteiger partial charge in [-0.2, -0.15) is 0 Å². The van der Waals surface area contributed by atoms with Crippen LogP contribution in [-0.2, 0) is 13.0 Å². The van der Waals surface area contributed by atoms with Crippen LogP contribution in [0.2, 0.25) is 0 Å². The fraction of sp³-hybridized carbons (Fsp3) is 0.450. The standard InChI is InChI=1S/C20H30N4OS/c1-21-20(22-12-11-19-6-4-15-26-19)23-16-17-7-9-18(10-8-17)25-14-5-13-24(2)3/h4,6-10,15H,5,11-14,16H2,1-3H3,(H2,21,22,23). The molecular weight excluding hydrogens is 344 g/mol. The first-order chi connectivity index (χ1) is 12.7. The van der Waals surface area contributed by atoms with Gasteiger partial charge in [0.1, 0.15) is 5.75 Å². The molecular formula is C20H30N4OS. The Morgan fingerprint density at radius 1 is 1.15 bits per heavy atom. The van der Waals surface area contributed by atoms with Crippen LogP contribution in [0, 0.1) is 0 Å². The molecule has 26 heavy (non-hydrogen) atoms. The number of nitrogens with zero attached hydrogens (tertiary/aromatic N) is 2. The van der Waals surface area contributed by atoms with Gasteiger partial charge in [0.25, 0.3) is 0 Å². The Labute approximate surface area is 161 Å². The summed E-state index contributed by atoms with van der Waals surface area (Å²) in [5.74, 6) is 1.75. The number of thiophene rings is 1. The smallest absolute Gasteiger partial charge is 0.191 e. The van der Waals surface area contributed by atoms with Crippen LogP contribution in [0.5, 0.6) is 5.75 Å². The van der Waals surface area contributed by atoms with Crippen molar-refractivity contribution in [3.63, 3.8) is 0 Å². The Morgan fingerprint density at radius 2 is 1.96 bits per heavy atom. The predicted molar refractivity (Wildman–Crippen MR) is 111 cm³/mol. The van der Waals surface area contributed by atoms with Gasteiger partial charge in [-0.3, -0.25) is 4.99 Å². The van der Waals surface area contributed by atoms with Crippen molar-refractivity contribution in [1.82, 2.24) is 15.5 Å². The van der Waals surface area contributed by atoms with E-state index in [1.165, 1.54) is 10.4 Å². The lowest BCUT2D eigenvalue weighted by atomic mass is 10.2. The summed E-state index contributed by atoms with van der Waals surface area (Å²) in [5.41, 5.74) is 1.20. The first-order valence-corrected chi connectivity index (χ1v) is 9.88. The lowest BCUT2D eigenvalue weighted by molar-refractivity contribution is 0.281. The third-order valence-corrected chi connectivity index (χ3v) is 4.81. The second-order valence-electron chi connectivity index (χ2n) is 6.33. The van der Waals surface area contributed by atoms with Gasteiger partial charge in [-0.25, -0.2) is 0 Å². The van der Waals surface area contributed by atoms with Crippen molar-refractivity contribution < 1.29 is 4.74 Å². The van der Waals surface area contributed by atoms with Crippen LogP contribution in [0.15, 0.2) is 46.8 Å². The van der Waals surface area contributed by atoms with Gasteiger partial charge in [0, 0.05) is 31.6 Å². The zero-order valence-electron chi connectivity index (χ0n) is 16.0. The summed E-state index contributed by atoms with van der Waals surface area (Å²) in [7, 11) is 5.95. The third-order valence-electron chi connectivity index (χ3n) is 3.87. The topological polar surface area (TPSA) is 48.9 Å². The van der Waals surface area contributed by atoms with Crippen LogP contribution in [-0.4, -0.2) is 51.7 Å². The molecule has 0 fully saturated rings. The quantitative estimate of drug-likeness (QED) is 0.381. The molecule has 0 radical (unpaired) electrons. The predicted octanol–water partition coefficient (Wildman–Crippen LogP) is 2.99. The number of aliphatic imine (C=N–C) groups is 1. The average Bonchev–Trinajstić information content (AvgIpc) is 3.16. The van der Waals surface area contributed by atoms with Gasteiger partial charge < -0.3 is 20.3 Å². The van der Waals surface area contributed by atoms with E-state index in [9.17, 15) is 0 Å². The zero-order valence-corrected chi connectivity index (χ0v) is 16.8. The Morgan fingerprint density at radius 3 is 2.62 bits per heavy atom. The largest absolute Gasteiger partial charge is 0.494 e. The fourth-order valence-corrected chi connectivity index (χ4v) is 3.15. The van der Waals surface area contributed by atoms with Gasteiger partial charge in [-0.05, 0) is 56.1 Å². The van der Waals surface area contributed by atoms with Gasteiger partial charge in [0.2, 0.25) is 0 Å². The molecule has 0 amide bonds. The first-order valence-electron chi connectivity index (χ1n) is 9.01. The SMILES string of the molecule is CN=C(NCCc1cccs1)NCc1ccc(OCCCN(C)C)cc1. The van der Waals surface area contributed by atoms with Crippen LogP contribution in [0.1, 0.15) is 16.9 Å². The minimum absolute atomic E-state index is 0.736. The molecule has 0 bridgehead atoms. The highest BCUT2D eigenvalue weighted by Crippen LogP contribution is 2.12. The Kier molecular flexibility index (Phi) is 9.00. The van der Waals surface area contributed by atoms with Gasteiger partial charge in [-0.15, -0.1) is 11.3 Å². The molecule has 5 nitrogen and oxygen atoms in total. The summed E-state index contributed by atoms with van der Waals surface area (Å²) in [5, 5.41) is 8.80. The number of ether oxygens (including phenoxy) is 1. The molecule has 0 unspecified atom stereocenters. The maximum absolute atomic E-state index is 5.76. The highest BCUT2D eigenvalue weighted by atomic mass is 32.1. The normalized spacial score (nSPS) is 11.6. The molecule has 0 aliphatic carbocycles. The Balaban J connectivity index is 1.67. The van der Waals surface area contributed by atoms with E-state index in [0.29, 0.717) is 0 Å². The van der Waals surface area contributed by atoms with Crippen LogP contribution >= 0.6 is 11.3 Å². The van der Waals surface area contributed by atoms with Crippen molar-refractivity contribution in [1.29, 1.82) is 0 Å². The van der Waals surface area contributed by atoms with Crippen LogP contribution in [0.3, 0.4) is 0 Å². The van der Waals surface area contributed by atoms with Gasteiger partial charge >= 0.3 is 0 Å². The second-order valence-corrected chi connectivity index (χ2v) is 7.36. The monoisotopic (exact) mass is 374 g/mol. The molecule has 0 aliphatic heterocycles. The fourth-order valence-electron chi connectivity index (χ4n) is 2.44. The van der Waals surface area contributed by atoms with Crippen LogP contribution < -0.4 is 15.4 Å². The van der Waals surface area contributed by atoms with Crippen molar-refractivity contribution in [2.24, 2.45) is 4.99 Å². The number of hydrogen-bond acceptors (Lipinski definition) is 4. The summed E-state index contributed by atoms with van der Waals surface area (Å²) in [6, 6.07) is 12.5. The highest BCUT2D eigenvalue weighted by Gasteiger charge is 2.00. The van der Waals surface area contributed by atoms with Crippen LogP contribution in [0.25, 0.3) is 0 Å². The van der Waals surface area contributed by atoms with Crippen molar-refractivity contribution in [3.05, 3.63) is 52.2 Å². The van der Waals surface area contributed by atoms with E-state index in [1.54, 1.807) is 18.4 Å². The van der Waals surface area contributed by atoms with E-state index >= 15 is 0 Å². The minimum atomic E-state index is 0.736. The molecule has 1 aromatic carbocycles. The average molecular weight is 375 g/mol. The van der Waals surface area contributed by atoms with Gasteiger partial charge in [0.15, 0.2) is 5.96 Å². The molecule has 0 saturated carbocycles. The summed E-state index contributed by atoms with van der Waals surface area (Å²) in [4.78, 5) is 7.82. The summed E-state index contributed by atoms with van der Waals surface area (Å²) in [6.07, 6.45) is 2.04. The lowest BCUT2D eigenvalue weighted by Gasteiger charge is -2.12. The number of guanidine groups is 1. The third kappa shape index (κ3) is 7.89. The van der Waals surface area contributed by atoms with Crippen molar-refractivity contribution >= 4 is 17.3 Å². The molecule has 1 heterocycles. The van der Waals surface area contributed by atoms with E-state index in [-0.39, 0.29) is 0 Å². The minimum Gasteiger partial charge on any atom is -0.494 e. The molecule has 0 atom stereocenters. The molecule has 0 saturated heterocycles. The molecule has 2 aromatic rings. The number of hydrogen-bond donors (Lipinski definition) is 2. The summed E-state index contributed by atoms with van der Waals surface area (Å²) >= 11 is 1.79. The maximum Gasteiger partial charge on any atom is 0.191 e. The second kappa shape index (κ2) is 11.5. The first kappa shape index (κ1) is 20.3. The number of nitrogens with one attached hydrogen (secondary N) is 2. The van der Waals surface area contributed by atoms with Crippen LogP contribution in [0.4, 0.5) is 0 Å². The molecule has 6 heteroatoms. The zero-order chi connectivity index (χ0) is 18.6. The maximum atomic E-state index is 5.76. The van der Waals surface area contributed by atoms with Gasteiger partial charge in [0.05, 0.1) is 6.61 Å². The molecule has 1 aromatic heterocycles.